The van der Waals surface area contributed by atoms with E-state index >= 15 is 0 Å². The third kappa shape index (κ3) is 6.57. The first kappa shape index (κ1) is 25.2. The van der Waals surface area contributed by atoms with Crippen LogP contribution >= 0.6 is 22.9 Å². The molecule has 0 unspecified atom stereocenters. The van der Waals surface area contributed by atoms with Crippen LogP contribution < -0.4 is 16.4 Å². The quantitative estimate of drug-likeness (QED) is 0.209. The number of nitrogens with zero attached hydrogens (tertiary/aromatic N) is 1. The Kier molecular flexibility index (Phi) is 8.64. The van der Waals surface area contributed by atoms with Crippen molar-refractivity contribution in [3.8, 4) is 0 Å². The lowest BCUT2D eigenvalue weighted by molar-refractivity contribution is 0.0702. The van der Waals surface area contributed by atoms with E-state index in [1.165, 1.54) is 29.5 Å². The number of fused-ring (bicyclic) bond motifs is 1. The minimum absolute atomic E-state index is 0.0170. The molecule has 0 aliphatic rings. The number of hydrogen-bond donors (Lipinski definition) is 4. The first-order valence-electron chi connectivity index (χ1n) is 10.2. The molecule has 2 aromatic carbocycles. The lowest BCUT2D eigenvalue weighted by Gasteiger charge is -2.12. The highest BCUT2D eigenvalue weighted by Gasteiger charge is 2.12. The van der Waals surface area contributed by atoms with Gasteiger partial charge in [-0.1, -0.05) is 24.2 Å². The van der Waals surface area contributed by atoms with Crippen LogP contribution in [-0.4, -0.2) is 37.6 Å². The molecular weight excluding hydrogens is 479 g/mol. The number of ether oxygens (including phenoxy) is 1. The van der Waals surface area contributed by atoms with Crippen molar-refractivity contribution in [3.63, 3.8) is 0 Å². The summed E-state index contributed by atoms with van der Waals surface area (Å²) in [5.74, 6) is -0.806. The molecule has 5 N–H and O–H groups in total. The number of halogens is 2. The molecule has 3 rings (SSSR count). The zero-order valence-corrected chi connectivity index (χ0v) is 20.0. The fourth-order valence-corrected chi connectivity index (χ4v) is 4.13. The van der Waals surface area contributed by atoms with Crippen LogP contribution in [0.25, 0.3) is 15.7 Å². The first-order valence-corrected chi connectivity index (χ1v) is 11.4. The van der Waals surface area contributed by atoms with Gasteiger partial charge in [0.15, 0.2) is 0 Å². The Morgan fingerprint density at radius 3 is 2.82 bits per heavy atom. The van der Waals surface area contributed by atoms with E-state index in [2.05, 4.69) is 22.2 Å². The second kappa shape index (κ2) is 11.6. The molecule has 0 aliphatic carbocycles. The van der Waals surface area contributed by atoms with Crippen molar-refractivity contribution in [2.75, 3.05) is 25.6 Å². The standard InChI is InChI=1S/C24H24ClFN4O3S/c1-14(30-17-5-6-20(26)19(25)12-17)29-13-18(23(27)28-8-3-9-33-2)15-4-7-21-16(10-15)11-22(34-21)24(31)32/h4-7,10-13,28,30H,1,3,8-9,27H2,2H3,(H,31,32)/b23-18-,29-13-. The van der Waals surface area contributed by atoms with Crippen LogP contribution in [0, 0.1) is 5.82 Å². The summed E-state index contributed by atoms with van der Waals surface area (Å²) in [5, 5.41) is 16.2. The zero-order chi connectivity index (χ0) is 24.7. The highest BCUT2D eigenvalue weighted by atomic mass is 35.5. The van der Waals surface area contributed by atoms with Crippen molar-refractivity contribution in [3.05, 3.63) is 82.0 Å². The molecule has 1 heterocycles. The van der Waals surface area contributed by atoms with Gasteiger partial charge in [0, 0.05) is 42.4 Å². The molecule has 0 saturated carbocycles. The highest BCUT2D eigenvalue weighted by Crippen LogP contribution is 2.29. The number of nitrogens with one attached hydrogen (secondary N) is 2. The first-order chi connectivity index (χ1) is 16.3. The average Bonchev–Trinajstić information content (AvgIpc) is 3.23. The molecule has 1 aromatic heterocycles. The van der Waals surface area contributed by atoms with Crippen LogP contribution in [0.15, 0.2) is 65.7 Å². The number of carboxylic acids is 1. The Morgan fingerprint density at radius 2 is 2.12 bits per heavy atom. The number of carbonyl (C=O) groups is 1. The largest absolute Gasteiger partial charge is 0.477 e. The SMILES string of the molecule is C=C(/N=C\C(=C(/N)NCCCOC)c1ccc2sc(C(=O)O)cc2c1)Nc1ccc(F)c(Cl)c1. The monoisotopic (exact) mass is 502 g/mol. The Labute approximate surface area is 205 Å². The summed E-state index contributed by atoms with van der Waals surface area (Å²) < 4.78 is 19.3. The second-order valence-electron chi connectivity index (χ2n) is 7.23. The van der Waals surface area contributed by atoms with Crippen LogP contribution in [0.3, 0.4) is 0 Å². The van der Waals surface area contributed by atoms with E-state index in [0.717, 1.165) is 22.1 Å². The Hall–Kier alpha value is -3.40. The van der Waals surface area contributed by atoms with E-state index in [1.807, 2.05) is 18.2 Å². The van der Waals surface area contributed by atoms with Crippen LogP contribution in [0.4, 0.5) is 10.1 Å². The number of carboxylic acid groups (broad SMARTS) is 1. The van der Waals surface area contributed by atoms with Crippen molar-refractivity contribution in [1.29, 1.82) is 0 Å². The van der Waals surface area contributed by atoms with Crippen molar-refractivity contribution >= 4 is 56.5 Å². The van der Waals surface area contributed by atoms with E-state index in [1.54, 1.807) is 19.4 Å². The smallest absolute Gasteiger partial charge is 0.345 e. The molecule has 0 radical (unpaired) electrons. The van der Waals surface area contributed by atoms with E-state index < -0.39 is 11.8 Å². The maximum atomic E-state index is 13.4. The van der Waals surface area contributed by atoms with Crippen LogP contribution in [0.5, 0.6) is 0 Å². The summed E-state index contributed by atoms with van der Waals surface area (Å²) >= 11 is 7.03. The lowest BCUT2D eigenvalue weighted by atomic mass is 10.0. The number of methoxy groups -OCH3 is 1. The molecule has 0 amide bonds. The third-order valence-electron chi connectivity index (χ3n) is 4.73. The molecule has 0 aliphatic heterocycles. The molecule has 0 spiro atoms. The molecule has 0 saturated heterocycles. The van der Waals surface area contributed by atoms with Gasteiger partial charge >= 0.3 is 5.97 Å². The van der Waals surface area contributed by atoms with Crippen molar-refractivity contribution in [1.82, 2.24) is 5.32 Å². The van der Waals surface area contributed by atoms with Crippen molar-refractivity contribution in [2.24, 2.45) is 10.7 Å². The fourth-order valence-electron chi connectivity index (χ4n) is 3.07. The third-order valence-corrected chi connectivity index (χ3v) is 6.12. The molecule has 0 fully saturated rings. The number of hydrogen-bond acceptors (Lipinski definition) is 7. The minimum Gasteiger partial charge on any atom is -0.477 e. The van der Waals surface area contributed by atoms with E-state index in [0.29, 0.717) is 30.2 Å². The number of allylic oxidation sites excluding steroid dienone is 1. The molecule has 3 aromatic rings. The molecule has 0 bridgehead atoms. The topological polar surface area (TPSA) is 109 Å². The summed E-state index contributed by atoms with van der Waals surface area (Å²) in [6, 6.07) is 11.4. The maximum absolute atomic E-state index is 13.4. The molecular formula is C24H24ClFN4O3S. The van der Waals surface area contributed by atoms with Gasteiger partial charge in [-0.05, 0) is 53.8 Å². The Balaban J connectivity index is 1.88. The summed E-state index contributed by atoms with van der Waals surface area (Å²) in [7, 11) is 1.63. The number of benzene rings is 2. The van der Waals surface area contributed by atoms with Gasteiger partial charge in [-0.3, -0.25) is 0 Å². The summed E-state index contributed by atoms with van der Waals surface area (Å²) in [6.07, 6.45) is 2.32. The number of aromatic carboxylic acids is 1. The second-order valence-corrected chi connectivity index (χ2v) is 8.72. The zero-order valence-electron chi connectivity index (χ0n) is 18.4. The molecule has 34 heavy (non-hydrogen) atoms. The summed E-state index contributed by atoms with van der Waals surface area (Å²) in [4.78, 5) is 16.0. The molecule has 7 nitrogen and oxygen atoms in total. The average molecular weight is 503 g/mol. The van der Waals surface area contributed by atoms with Gasteiger partial charge in [0.05, 0.1) is 5.02 Å². The number of nitrogens with two attached hydrogens (primary N) is 1. The summed E-state index contributed by atoms with van der Waals surface area (Å²) in [6.45, 7) is 5.05. The van der Waals surface area contributed by atoms with Gasteiger partial charge in [-0.15, -0.1) is 11.3 Å². The van der Waals surface area contributed by atoms with Gasteiger partial charge in [-0.25, -0.2) is 14.2 Å². The van der Waals surface area contributed by atoms with Gasteiger partial charge in [0.25, 0.3) is 0 Å². The van der Waals surface area contributed by atoms with Crippen molar-refractivity contribution in [2.45, 2.75) is 6.42 Å². The van der Waals surface area contributed by atoms with E-state index in [9.17, 15) is 14.3 Å². The number of anilines is 1. The van der Waals surface area contributed by atoms with Gasteiger partial charge in [-0.2, -0.15) is 0 Å². The van der Waals surface area contributed by atoms with E-state index in [-0.39, 0.29) is 15.7 Å². The predicted molar refractivity (Wildman–Crippen MR) is 137 cm³/mol. The molecule has 178 valence electrons. The Morgan fingerprint density at radius 1 is 1.32 bits per heavy atom. The molecule has 10 heteroatoms. The molecule has 0 atom stereocenters. The van der Waals surface area contributed by atoms with Crippen molar-refractivity contribution < 1.29 is 19.0 Å². The van der Waals surface area contributed by atoms with Gasteiger partial charge < -0.3 is 26.2 Å². The Bertz CT molecular complexity index is 1270. The van der Waals surface area contributed by atoms with Crippen LogP contribution in [0.2, 0.25) is 5.02 Å². The maximum Gasteiger partial charge on any atom is 0.345 e. The lowest BCUT2D eigenvalue weighted by Crippen LogP contribution is -2.24. The number of rotatable bonds is 11. The van der Waals surface area contributed by atoms with Gasteiger partial charge in [0.2, 0.25) is 0 Å². The van der Waals surface area contributed by atoms with Crippen LogP contribution in [0.1, 0.15) is 21.7 Å². The number of aliphatic imine (C=N–C) groups is 1. The predicted octanol–water partition coefficient (Wildman–Crippen LogP) is 5.30. The van der Waals surface area contributed by atoms with Gasteiger partial charge in [0.1, 0.15) is 22.3 Å². The van der Waals surface area contributed by atoms with Crippen LogP contribution in [-0.2, 0) is 4.74 Å². The fraction of sp³-hybridized carbons (Fsp3) is 0.167. The number of thiophene rings is 1. The summed E-state index contributed by atoms with van der Waals surface area (Å²) in [5.41, 5.74) is 8.22. The van der Waals surface area contributed by atoms with E-state index in [4.69, 9.17) is 22.1 Å². The highest BCUT2D eigenvalue weighted by molar-refractivity contribution is 7.20. The normalized spacial score (nSPS) is 12.1. The minimum atomic E-state index is -0.970.